The second kappa shape index (κ2) is 19.6. The largest absolute Gasteiger partial charge is 0.269 e. The van der Waals surface area contributed by atoms with Crippen LogP contribution in [0.15, 0.2) is 46.2 Å². The van der Waals surface area contributed by atoms with Crippen molar-refractivity contribution in [2.45, 2.75) is 95.3 Å². The standard InChI is InChI=1S/C25H38S.5FH/c1-2-3-4-5-7-10-21-13-15-22(16-14-21)23-17-19-25(20-18-23)26-24-11-8-6-9-12-24;;;;;/h6,8-9,11-12,19,21-23H,2-5,7,10,13-18,20H2,1H3;5*1H. The second-order valence-corrected chi connectivity index (χ2v) is 9.80. The molecule has 1 saturated carbocycles. The first kappa shape index (κ1) is 34.6. The summed E-state index contributed by atoms with van der Waals surface area (Å²) in [5.41, 5.74) is 0. The van der Waals surface area contributed by atoms with Gasteiger partial charge in [-0.15, -0.1) is 0 Å². The molecule has 0 spiro atoms. The van der Waals surface area contributed by atoms with Gasteiger partial charge >= 0.3 is 0 Å². The van der Waals surface area contributed by atoms with Crippen molar-refractivity contribution >= 4 is 11.8 Å². The van der Waals surface area contributed by atoms with E-state index in [9.17, 15) is 0 Å². The van der Waals surface area contributed by atoms with Gasteiger partial charge in [0.05, 0.1) is 0 Å². The van der Waals surface area contributed by atoms with Gasteiger partial charge in [0.2, 0.25) is 0 Å². The first-order valence-corrected chi connectivity index (χ1v) is 12.1. The van der Waals surface area contributed by atoms with Crippen molar-refractivity contribution in [3.8, 4) is 0 Å². The summed E-state index contributed by atoms with van der Waals surface area (Å²) in [6.45, 7) is 2.31. The zero-order valence-electron chi connectivity index (χ0n) is 18.8. The Hall–Kier alpha value is -1.04. The molecule has 0 aromatic heterocycles. The molecule has 0 radical (unpaired) electrons. The van der Waals surface area contributed by atoms with Crippen molar-refractivity contribution < 1.29 is 23.5 Å². The summed E-state index contributed by atoms with van der Waals surface area (Å²) in [6, 6.07) is 10.9. The highest BCUT2D eigenvalue weighted by atomic mass is 32.2. The quantitative estimate of drug-likeness (QED) is 0.256. The van der Waals surface area contributed by atoms with Gasteiger partial charge in [-0.05, 0) is 66.9 Å². The lowest BCUT2D eigenvalue weighted by molar-refractivity contribution is 0.186. The van der Waals surface area contributed by atoms with E-state index in [2.05, 4.69) is 43.3 Å². The molecule has 3 rings (SSSR count). The lowest BCUT2D eigenvalue weighted by atomic mass is 9.71. The maximum atomic E-state index is 2.56. The zero-order valence-corrected chi connectivity index (χ0v) is 19.7. The fourth-order valence-electron chi connectivity index (χ4n) is 4.98. The average molecular weight is 471 g/mol. The topological polar surface area (TPSA) is 0 Å². The first-order valence-electron chi connectivity index (χ1n) is 11.3. The first-order chi connectivity index (χ1) is 12.8. The number of hydrogen-bond acceptors (Lipinski definition) is 1. The third kappa shape index (κ3) is 12.0. The van der Waals surface area contributed by atoms with E-state index in [1.165, 1.54) is 88.4 Å². The molecule has 0 heterocycles. The summed E-state index contributed by atoms with van der Waals surface area (Å²) in [7, 11) is 0. The Balaban J connectivity index is -0.00000157. The average Bonchev–Trinajstić information content (AvgIpc) is 2.70. The molecule has 2 aliphatic carbocycles. The molecule has 1 aromatic rings. The molecular weight excluding hydrogens is 427 g/mol. The lowest BCUT2D eigenvalue weighted by Gasteiger charge is -2.35. The van der Waals surface area contributed by atoms with Crippen LogP contribution < -0.4 is 0 Å². The normalized spacial score (nSPS) is 22.2. The van der Waals surface area contributed by atoms with E-state index in [-0.39, 0.29) is 23.5 Å². The predicted octanol–water partition coefficient (Wildman–Crippen LogP) is 9.39. The van der Waals surface area contributed by atoms with E-state index < -0.39 is 0 Å². The SMILES string of the molecule is CCCCCCCC1CCC(C2CC=C(Sc3ccccc3)CC2)CC1.F.F.F.F.F. The molecule has 2 aliphatic rings. The van der Waals surface area contributed by atoms with Gasteiger partial charge in [-0.3, -0.25) is 23.5 Å². The van der Waals surface area contributed by atoms with Crippen molar-refractivity contribution in [1.82, 2.24) is 0 Å². The Kier molecular flexibility index (Phi) is 21.9. The van der Waals surface area contributed by atoms with Gasteiger partial charge in [-0.25, -0.2) is 0 Å². The minimum Gasteiger partial charge on any atom is -0.269 e. The number of unbranched alkanes of at least 4 members (excludes halogenated alkanes) is 4. The van der Waals surface area contributed by atoms with Crippen LogP contribution in [-0.2, 0) is 0 Å². The molecule has 0 aliphatic heterocycles. The Morgan fingerprint density at radius 3 is 1.97 bits per heavy atom. The van der Waals surface area contributed by atoms with Crippen LogP contribution in [0, 0.1) is 17.8 Å². The second-order valence-electron chi connectivity index (χ2n) is 8.60. The monoisotopic (exact) mass is 470 g/mol. The Bertz CT molecular complexity index is 544. The van der Waals surface area contributed by atoms with Gasteiger partial charge in [0.15, 0.2) is 0 Å². The maximum Gasteiger partial charge on any atom is 0.0118 e. The zero-order chi connectivity index (χ0) is 18.0. The highest BCUT2D eigenvalue weighted by molar-refractivity contribution is 8.03. The summed E-state index contributed by atoms with van der Waals surface area (Å²) in [5.74, 6) is 3.04. The number of hydrogen-bond donors (Lipinski definition) is 0. The minimum absolute atomic E-state index is 0. The fraction of sp³-hybridized carbons (Fsp3) is 0.680. The summed E-state index contributed by atoms with van der Waals surface area (Å²) < 4.78 is 0. The third-order valence-corrected chi connectivity index (χ3v) is 7.82. The van der Waals surface area contributed by atoms with Gasteiger partial charge in [0.1, 0.15) is 0 Å². The molecular formula is C25H43F5S. The van der Waals surface area contributed by atoms with E-state index in [1.54, 1.807) is 4.91 Å². The molecule has 0 N–H and O–H groups in total. The van der Waals surface area contributed by atoms with E-state index in [4.69, 9.17) is 0 Å². The summed E-state index contributed by atoms with van der Waals surface area (Å²) in [6.07, 6.45) is 21.4. The molecule has 1 unspecified atom stereocenters. The Morgan fingerprint density at radius 2 is 1.39 bits per heavy atom. The van der Waals surface area contributed by atoms with Crippen LogP contribution in [-0.4, -0.2) is 0 Å². The van der Waals surface area contributed by atoms with Crippen molar-refractivity contribution in [3.05, 3.63) is 41.3 Å². The summed E-state index contributed by atoms with van der Waals surface area (Å²) in [5, 5.41) is 0. The smallest absolute Gasteiger partial charge is 0.0118 e. The van der Waals surface area contributed by atoms with Crippen LogP contribution in [0.5, 0.6) is 0 Å². The maximum absolute atomic E-state index is 2.56. The molecule has 0 nitrogen and oxygen atoms in total. The van der Waals surface area contributed by atoms with Gasteiger partial charge in [0, 0.05) is 4.90 Å². The molecule has 0 saturated heterocycles. The molecule has 31 heavy (non-hydrogen) atoms. The number of halogens is 5. The molecule has 0 amide bonds. The highest BCUT2D eigenvalue weighted by Gasteiger charge is 2.28. The van der Waals surface area contributed by atoms with Crippen molar-refractivity contribution in [2.24, 2.45) is 17.8 Å². The van der Waals surface area contributed by atoms with E-state index in [0.29, 0.717) is 0 Å². The van der Waals surface area contributed by atoms with Crippen LogP contribution in [0.4, 0.5) is 23.5 Å². The molecule has 6 heteroatoms. The van der Waals surface area contributed by atoms with Crippen LogP contribution in [0.1, 0.15) is 90.4 Å². The minimum atomic E-state index is 0. The van der Waals surface area contributed by atoms with Crippen LogP contribution >= 0.6 is 11.8 Å². The van der Waals surface area contributed by atoms with Crippen molar-refractivity contribution in [1.29, 1.82) is 0 Å². The predicted molar refractivity (Wildman–Crippen MR) is 129 cm³/mol. The lowest BCUT2D eigenvalue weighted by Crippen LogP contribution is -2.23. The van der Waals surface area contributed by atoms with Crippen molar-refractivity contribution in [2.75, 3.05) is 0 Å². The van der Waals surface area contributed by atoms with Gasteiger partial charge < -0.3 is 0 Å². The number of allylic oxidation sites excluding steroid dienone is 2. The van der Waals surface area contributed by atoms with Crippen molar-refractivity contribution in [3.63, 3.8) is 0 Å². The van der Waals surface area contributed by atoms with Crippen LogP contribution in [0.25, 0.3) is 0 Å². The number of rotatable bonds is 9. The molecule has 0 bridgehead atoms. The van der Waals surface area contributed by atoms with E-state index >= 15 is 0 Å². The molecule has 1 fully saturated rings. The van der Waals surface area contributed by atoms with Crippen LogP contribution in [0.3, 0.4) is 0 Å². The fourth-order valence-corrected chi connectivity index (χ4v) is 5.97. The van der Waals surface area contributed by atoms with E-state index in [0.717, 1.165) is 17.8 Å². The summed E-state index contributed by atoms with van der Waals surface area (Å²) >= 11 is 1.99. The molecule has 184 valence electrons. The highest BCUT2D eigenvalue weighted by Crippen LogP contribution is 2.43. The molecule has 1 aromatic carbocycles. The number of thioether (sulfide) groups is 1. The van der Waals surface area contributed by atoms with Gasteiger partial charge in [0.25, 0.3) is 0 Å². The van der Waals surface area contributed by atoms with Gasteiger partial charge in [-0.2, -0.15) is 0 Å². The number of benzene rings is 1. The van der Waals surface area contributed by atoms with E-state index in [1.807, 2.05) is 11.8 Å². The Morgan fingerprint density at radius 1 is 0.742 bits per heavy atom. The Labute approximate surface area is 189 Å². The third-order valence-electron chi connectivity index (χ3n) is 6.68. The molecule has 1 atom stereocenters. The summed E-state index contributed by atoms with van der Waals surface area (Å²) in [4.78, 5) is 3.00. The van der Waals surface area contributed by atoms with Crippen LogP contribution in [0.2, 0.25) is 0 Å². The van der Waals surface area contributed by atoms with Gasteiger partial charge in [-0.1, -0.05) is 94.3 Å².